The standard InChI is InChI=1S/C6H7BrNO/c1-5-3-2-4-6(7)8(5)9/h2-4,9H,1H3/q+1. The molecule has 0 amide bonds. The molecule has 0 unspecified atom stereocenters. The molecular formula is C6H7BrNO+. The first-order valence-corrected chi connectivity index (χ1v) is 3.37. The molecule has 1 heterocycles. The topological polar surface area (TPSA) is 24.1 Å². The lowest BCUT2D eigenvalue weighted by molar-refractivity contribution is -0.916. The minimum absolute atomic E-state index is 0.669. The monoisotopic (exact) mass is 188 g/mol. The van der Waals surface area contributed by atoms with Gasteiger partial charge in [0, 0.05) is 39.7 Å². The Morgan fingerprint density at radius 1 is 1.56 bits per heavy atom. The minimum atomic E-state index is 0.669. The molecule has 9 heavy (non-hydrogen) atoms. The Morgan fingerprint density at radius 3 is 2.67 bits per heavy atom. The first-order chi connectivity index (χ1) is 4.22. The maximum absolute atomic E-state index is 9.08. The second-order valence-electron chi connectivity index (χ2n) is 1.80. The third-order valence-corrected chi connectivity index (χ3v) is 1.71. The Labute approximate surface area is 61.8 Å². The van der Waals surface area contributed by atoms with E-state index in [0.717, 1.165) is 10.4 Å². The SMILES string of the molecule is Cc1cccc(Br)[n+]1O. The van der Waals surface area contributed by atoms with Crippen molar-refractivity contribution in [1.29, 1.82) is 0 Å². The van der Waals surface area contributed by atoms with Crippen molar-refractivity contribution in [3.05, 3.63) is 28.5 Å². The van der Waals surface area contributed by atoms with Gasteiger partial charge in [0.15, 0.2) is 0 Å². The summed E-state index contributed by atoms with van der Waals surface area (Å²) in [6, 6.07) is 5.46. The van der Waals surface area contributed by atoms with Gasteiger partial charge in [0.2, 0.25) is 5.69 Å². The molecule has 0 aliphatic rings. The van der Waals surface area contributed by atoms with Crippen LogP contribution in [-0.4, -0.2) is 5.21 Å². The third kappa shape index (κ3) is 1.21. The lowest BCUT2D eigenvalue weighted by Crippen LogP contribution is -2.34. The van der Waals surface area contributed by atoms with E-state index in [4.69, 9.17) is 5.21 Å². The average molecular weight is 189 g/mol. The summed E-state index contributed by atoms with van der Waals surface area (Å²) >= 11 is 3.16. The van der Waals surface area contributed by atoms with Gasteiger partial charge in [-0.3, -0.25) is 5.21 Å². The molecule has 1 aromatic rings. The van der Waals surface area contributed by atoms with Gasteiger partial charge in [0.1, 0.15) is 0 Å². The Balaban J connectivity index is 3.25. The Hall–Kier alpha value is -0.570. The molecule has 0 spiro atoms. The molecule has 3 heteroatoms. The molecule has 1 N–H and O–H groups in total. The van der Waals surface area contributed by atoms with Crippen LogP contribution >= 0.6 is 15.9 Å². The highest BCUT2D eigenvalue weighted by Crippen LogP contribution is 2.01. The van der Waals surface area contributed by atoms with Gasteiger partial charge in [0.05, 0.1) is 0 Å². The maximum atomic E-state index is 9.08. The van der Waals surface area contributed by atoms with Gasteiger partial charge in [-0.2, -0.15) is 0 Å². The van der Waals surface area contributed by atoms with E-state index in [1.807, 2.05) is 19.1 Å². The number of halogens is 1. The highest BCUT2D eigenvalue weighted by molar-refractivity contribution is 9.10. The molecule has 0 bridgehead atoms. The molecule has 1 aromatic heterocycles. The molecule has 2 nitrogen and oxygen atoms in total. The fourth-order valence-corrected chi connectivity index (χ4v) is 1.01. The lowest BCUT2D eigenvalue weighted by atomic mass is 10.4. The van der Waals surface area contributed by atoms with Crippen molar-refractivity contribution in [3.8, 4) is 0 Å². The van der Waals surface area contributed by atoms with Crippen molar-refractivity contribution in [3.63, 3.8) is 0 Å². The molecule has 0 aromatic carbocycles. The molecule has 0 radical (unpaired) electrons. The molecule has 0 aliphatic heterocycles. The number of aromatic nitrogens is 1. The largest absolute Gasteiger partial charge is 0.298 e. The zero-order valence-corrected chi connectivity index (χ0v) is 6.59. The van der Waals surface area contributed by atoms with Gasteiger partial charge >= 0.3 is 0 Å². The van der Waals surface area contributed by atoms with E-state index in [1.54, 1.807) is 6.07 Å². The van der Waals surface area contributed by atoms with Gasteiger partial charge in [-0.15, -0.1) is 0 Å². The maximum Gasteiger partial charge on any atom is 0.298 e. The Bertz CT molecular complexity index is 204. The van der Waals surface area contributed by atoms with Crippen LogP contribution in [0.25, 0.3) is 0 Å². The van der Waals surface area contributed by atoms with E-state index in [0.29, 0.717) is 4.60 Å². The molecular weight excluding hydrogens is 182 g/mol. The summed E-state index contributed by atoms with van der Waals surface area (Å²) in [5.74, 6) is 0. The van der Waals surface area contributed by atoms with E-state index in [2.05, 4.69) is 15.9 Å². The number of rotatable bonds is 0. The fourth-order valence-electron chi connectivity index (χ4n) is 0.576. The predicted octanol–water partition coefficient (Wildman–Crippen LogP) is 1.28. The van der Waals surface area contributed by atoms with Gasteiger partial charge in [-0.25, -0.2) is 0 Å². The van der Waals surface area contributed by atoms with Gasteiger partial charge in [-0.05, 0) is 6.07 Å². The Kier molecular flexibility index (Phi) is 1.71. The molecule has 0 atom stereocenters. The van der Waals surface area contributed by atoms with Gasteiger partial charge < -0.3 is 0 Å². The molecule has 0 aliphatic carbocycles. The molecule has 48 valence electrons. The first-order valence-electron chi connectivity index (χ1n) is 2.58. The third-order valence-electron chi connectivity index (χ3n) is 1.11. The Morgan fingerprint density at radius 2 is 2.22 bits per heavy atom. The van der Waals surface area contributed by atoms with Crippen molar-refractivity contribution >= 4 is 15.9 Å². The zero-order chi connectivity index (χ0) is 6.85. The van der Waals surface area contributed by atoms with Crippen molar-refractivity contribution in [2.45, 2.75) is 6.92 Å². The quantitative estimate of drug-likeness (QED) is 0.371. The van der Waals surface area contributed by atoms with Crippen LogP contribution in [0.4, 0.5) is 0 Å². The second-order valence-corrected chi connectivity index (χ2v) is 2.61. The van der Waals surface area contributed by atoms with Crippen LogP contribution in [0.15, 0.2) is 22.8 Å². The first kappa shape index (κ1) is 6.55. The summed E-state index contributed by atoms with van der Waals surface area (Å²) in [4.78, 5) is 0. The number of hydrogen-bond acceptors (Lipinski definition) is 1. The normalized spacial score (nSPS) is 9.56. The summed E-state index contributed by atoms with van der Waals surface area (Å²) in [5.41, 5.74) is 0.810. The highest BCUT2D eigenvalue weighted by atomic mass is 79.9. The number of hydrogen-bond donors (Lipinski definition) is 1. The lowest BCUT2D eigenvalue weighted by Gasteiger charge is -1.88. The van der Waals surface area contributed by atoms with E-state index < -0.39 is 0 Å². The average Bonchev–Trinajstić information content (AvgIpc) is 1.83. The highest BCUT2D eigenvalue weighted by Gasteiger charge is 2.06. The van der Waals surface area contributed by atoms with Crippen LogP contribution in [0.5, 0.6) is 0 Å². The predicted molar refractivity (Wildman–Crippen MR) is 36.3 cm³/mol. The smallest absolute Gasteiger partial charge is 0.284 e. The molecule has 0 fully saturated rings. The van der Waals surface area contributed by atoms with E-state index in [9.17, 15) is 0 Å². The van der Waals surface area contributed by atoms with Crippen molar-refractivity contribution in [2.24, 2.45) is 0 Å². The van der Waals surface area contributed by atoms with E-state index >= 15 is 0 Å². The fraction of sp³-hybridized carbons (Fsp3) is 0.167. The number of nitrogens with zero attached hydrogens (tertiary/aromatic N) is 1. The van der Waals surface area contributed by atoms with E-state index in [1.165, 1.54) is 0 Å². The van der Waals surface area contributed by atoms with Gasteiger partial charge in [0.25, 0.3) is 4.60 Å². The van der Waals surface area contributed by atoms with Crippen LogP contribution in [0.1, 0.15) is 5.69 Å². The minimum Gasteiger partial charge on any atom is -0.284 e. The summed E-state index contributed by atoms with van der Waals surface area (Å²) in [7, 11) is 0. The molecule has 0 saturated heterocycles. The van der Waals surface area contributed by atoms with Crippen LogP contribution in [0, 0.1) is 6.92 Å². The molecule has 1 rings (SSSR count). The van der Waals surface area contributed by atoms with Crippen LogP contribution < -0.4 is 4.73 Å². The molecule has 0 saturated carbocycles. The van der Waals surface area contributed by atoms with Gasteiger partial charge in [-0.1, -0.05) is 0 Å². The van der Waals surface area contributed by atoms with Crippen molar-refractivity contribution < 1.29 is 9.94 Å². The number of pyridine rings is 1. The zero-order valence-electron chi connectivity index (χ0n) is 5.00. The van der Waals surface area contributed by atoms with Crippen LogP contribution in [-0.2, 0) is 0 Å². The van der Waals surface area contributed by atoms with Crippen LogP contribution in [0.3, 0.4) is 0 Å². The second kappa shape index (κ2) is 2.35. The summed E-state index contributed by atoms with van der Waals surface area (Å²) < 4.78 is 1.75. The number of aryl methyl sites for hydroxylation is 1. The van der Waals surface area contributed by atoms with Crippen LogP contribution in [0.2, 0.25) is 0 Å². The van der Waals surface area contributed by atoms with E-state index in [-0.39, 0.29) is 0 Å². The summed E-state index contributed by atoms with van der Waals surface area (Å²) in [5, 5.41) is 9.08. The summed E-state index contributed by atoms with van der Waals surface area (Å²) in [6.07, 6.45) is 0. The van der Waals surface area contributed by atoms with Crippen molar-refractivity contribution in [2.75, 3.05) is 0 Å². The summed E-state index contributed by atoms with van der Waals surface area (Å²) in [6.45, 7) is 1.82. The van der Waals surface area contributed by atoms with Crippen molar-refractivity contribution in [1.82, 2.24) is 0 Å².